The SMILES string of the molecule is CCOC(=O)c1c(NC(=O)[C@@H](C)Sc2nnc(CNC(=O)c3ccc(OC)c(OC)c3)n2-c2ccc(OCC)cc2)sc2c1CCCC2. The Morgan fingerprint density at radius 2 is 1.73 bits per heavy atom. The number of fused-ring (bicyclic) bond motifs is 1. The molecule has 2 N–H and O–H groups in total. The number of aromatic nitrogens is 3. The largest absolute Gasteiger partial charge is 0.494 e. The van der Waals surface area contributed by atoms with Crippen molar-refractivity contribution in [2.75, 3.05) is 32.8 Å². The first-order valence-corrected chi connectivity index (χ1v) is 17.4. The number of aryl methyl sites for hydroxylation is 1. The molecule has 4 aromatic rings. The van der Waals surface area contributed by atoms with Gasteiger partial charge in [0.25, 0.3) is 5.91 Å². The third-order valence-corrected chi connectivity index (χ3v) is 9.95. The fourth-order valence-corrected chi connectivity index (χ4v) is 7.51. The highest BCUT2D eigenvalue weighted by molar-refractivity contribution is 8.00. The van der Waals surface area contributed by atoms with E-state index in [2.05, 4.69) is 20.8 Å². The summed E-state index contributed by atoms with van der Waals surface area (Å²) in [5.74, 6) is 1.08. The number of thioether (sulfide) groups is 1. The third kappa shape index (κ3) is 7.76. The Balaban J connectivity index is 1.38. The van der Waals surface area contributed by atoms with Gasteiger partial charge < -0.3 is 29.6 Å². The van der Waals surface area contributed by atoms with Crippen LogP contribution in [-0.4, -0.2) is 65.2 Å². The van der Waals surface area contributed by atoms with Crippen molar-refractivity contribution in [2.24, 2.45) is 0 Å². The summed E-state index contributed by atoms with van der Waals surface area (Å²) in [6.07, 6.45) is 3.71. The number of anilines is 1. The van der Waals surface area contributed by atoms with Gasteiger partial charge in [0.15, 0.2) is 22.5 Å². The van der Waals surface area contributed by atoms with Crippen molar-refractivity contribution < 1.29 is 33.3 Å². The molecule has 1 aliphatic rings. The van der Waals surface area contributed by atoms with Crippen LogP contribution in [0.4, 0.5) is 5.00 Å². The van der Waals surface area contributed by atoms with Gasteiger partial charge in [-0.15, -0.1) is 21.5 Å². The van der Waals surface area contributed by atoms with Gasteiger partial charge in [0.05, 0.1) is 44.8 Å². The Morgan fingerprint density at radius 1 is 0.979 bits per heavy atom. The first kappa shape index (κ1) is 34.8. The molecule has 0 saturated carbocycles. The fraction of sp³-hybridized carbons (Fsp3) is 0.382. The van der Waals surface area contributed by atoms with Crippen LogP contribution in [0, 0.1) is 0 Å². The molecule has 5 rings (SSSR count). The molecule has 0 unspecified atom stereocenters. The number of nitrogens with zero attached hydrogens (tertiary/aromatic N) is 3. The first-order chi connectivity index (χ1) is 23.3. The van der Waals surface area contributed by atoms with Crippen LogP contribution in [0.15, 0.2) is 47.6 Å². The number of thiophene rings is 1. The lowest BCUT2D eigenvalue weighted by molar-refractivity contribution is -0.115. The number of nitrogens with one attached hydrogen (secondary N) is 2. The second kappa shape index (κ2) is 16.0. The molecule has 0 aliphatic heterocycles. The molecule has 0 radical (unpaired) electrons. The van der Waals surface area contributed by atoms with E-state index in [9.17, 15) is 14.4 Å². The topological polar surface area (TPSA) is 143 Å². The van der Waals surface area contributed by atoms with E-state index in [0.29, 0.717) is 51.0 Å². The van der Waals surface area contributed by atoms with Gasteiger partial charge in [-0.1, -0.05) is 11.8 Å². The molecule has 0 spiro atoms. The van der Waals surface area contributed by atoms with Crippen LogP contribution in [0.5, 0.6) is 17.2 Å². The van der Waals surface area contributed by atoms with Crippen molar-refractivity contribution in [1.29, 1.82) is 0 Å². The number of ether oxygens (including phenoxy) is 4. The zero-order valence-electron chi connectivity index (χ0n) is 27.6. The molecule has 0 bridgehead atoms. The quantitative estimate of drug-likeness (QED) is 0.122. The average Bonchev–Trinajstić information content (AvgIpc) is 3.67. The minimum atomic E-state index is -0.612. The van der Waals surface area contributed by atoms with E-state index in [0.717, 1.165) is 41.8 Å². The molecule has 14 heteroatoms. The van der Waals surface area contributed by atoms with Gasteiger partial charge in [0.1, 0.15) is 10.8 Å². The Hall–Kier alpha value is -4.56. The molecule has 2 heterocycles. The molecule has 2 aromatic heterocycles. The highest BCUT2D eigenvalue weighted by atomic mass is 32.2. The van der Waals surface area contributed by atoms with E-state index in [1.54, 1.807) is 36.6 Å². The number of carbonyl (C=O) groups is 3. The maximum atomic E-state index is 13.6. The molecule has 1 atom stereocenters. The summed E-state index contributed by atoms with van der Waals surface area (Å²) in [5, 5.41) is 15.1. The summed E-state index contributed by atoms with van der Waals surface area (Å²) < 4.78 is 23.4. The molecule has 0 fully saturated rings. The van der Waals surface area contributed by atoms with E-state index >= 15 is 0 Å². The van der Waals surface area contributed by atoms with Gasteiger partial charge in [0, 0.05) is 16.1 Å². The van der Waals surface area contributed by atoms with Crippen LogP contribution in [0.1, 0.15) is 70.6 Å². The second-order valence-corrected chi connectivity index (χ2v) is 13.2. The Bertz CT molecular complexity index is 1770. The molecular weight excluding hydrogens is 655 g/mol. The van der Waals surface area contributed by atoms with Gasteiger partial charge in [-0.2, -0.15) is 0 Å². The van der Waals surface area contributed by atoms with Crippen molar-refractivity contribution in [3.05, 3.63) is 69.9 Å². The summed E-state index contributed by atoms with van der Waals surface area (Å²) in [5.41, 5.74) is 2.56. The molecule has 48 heavy (non-hydrogen) atoms. The number of carbonyl (C=O) groups excluding carboxylic acids is 3. The minimum Gasteiger partial charge on any atom is -0.494 e. The molecule has 2 amide bonds. The van der Waals surface area contributed by atoms with Crippen LogP contribution in [0.2, 0.25) is 0 Å². The molecule has 2 aromatic carbocycles. The van der Waals surface area contributed by atoms with Crippen LogP contribution in [-0.2, 0) is 28.9 Å². The normalized spacial score (nSPS) is 12.9. The summed E-state index contributed by atoms with van der Waals surface area (Å²) >= 11 is 2.67. The Kier molecular flexibility index (Phi) is 11.6. The summed E-state index contributed by atoms with van der Waals surface area (Å²) in [7, 11) is 3.04. The minimum absolute atomic E-state index is 0.0537. The lowest BCUT2D eigenvalue weighted by Crippen LogP contribution is -2.25. The summed E-state index contributed by atoms with van der Waals surface area (Å²) in [4.78, 5) is 40.7. The van der Waals surface area contributed by atoms with Gasteiger partial charge in [-0.25, -0.2) is 4.79 Å². The predicted octanol–water partition coefficient (Wildman–Crippen LogP) is 5.85. The van der Waals surface area contributed by atoms with Gasteiger partial charge in [-0.05, 0) is 94.5 Å². The summed E-state index contributed by atoms with van der Waals surface area (Å²) in [6.45, 7) is 6.28. The van der Waals surface area contributed by atoms with Gasteiger partial charge in [0.2, 0.25) is 5.91 Å². The fourth-order valence-electron chi connectivity index (χ4n) is 5.35. The number of methoxy groups -OCH3 is 2. The number of esters is 1. The predicted molar refractivity (Wildman–Crippen MR) is 184 cm³/mol. The van der Waals surface area contributed by atoms with Crippen molar-refractivity contribution in [3.8, 4) is 22.9 Å². The molecule has 1 aliphatic carbocycles. The maximum absolute atomic E-state index is 13.6. The van der Waals surface area contributed by atoms with Crippen molar-refractivity contribution in [3.63, 3.8) is 0 Å². The first-order valence-electron chi connectivity index (χ1n) is 15.7. The average molecular weight is 694 g/mol. The number of benzene rings is 2. The Morgan fingerprint density at radius 3 is 2.44 bits per heavy atom. The van der Waals surface area contributed by atoms with Crippen molar-refractivity contribution in [1.82, 2.24) is 20.1 Å². The van der Waals surface area contributed by atoms with Gasteiger partial charge in [-0.3, -0.25) is 14.2 Å². The highest BCUT2D eigenvalue weighted by Crippen LogP contribution is 2.39. The zero-order valence-corrected chi connectivity index (χ0v) is 29.2. The molecule has 254 valence electrons. The molecular formula is C34H39N5O7S2. The van der Waals surface area contributed by atoms with Crippen molar-refractivity contribution in [2.45, 2.75) is 63.4 Å². The van der Waals surface area contributed by atoms with E-state index in [1.165, 1.54) is 37.3 Å². The number of hydrogen-bond donors (Lipinski definition) is 2. The smallest absolute Gasteiger partial charge is 0.341 e. The number of amides is 2. The molecule has 12 nitrogen and oxygen atoms in total. The van der Waals surface area contributed by atoms with Crippen molar-refractivity contribution >= 4 is 45.9 Å². The van der Waals surface area contributed by atoms with Crippen LogP contribution < -0.4 is 24.8 Å². The van der Waals surface area contributed by atoms with E-state index in [1.807, 2.05) is 31.2 Å². The molecule has 0 saturated heterocycles. The monoisotopic (exact) mass is 693 g/mol. The number of hydrogen-bond acceptors (Lipinski definition) is 11. The third-order valence-electron chi connectivity index (χ3n) is 7.70. The summed E-state index contributed by atoms with van der Waals surface area (Å²) in [6, 6.07) is 12.3. The van der Waals surface area contributed by atoms with E-state index in [-0.39, 0.29) is 25.0 Å². The standard InChI is InChI=1S/C34H39N5O7S2/c1-6-45-23-15-13-22(14-16-23)39-28(19-35-31(41)21-12-17-25(43-4)26(18-21)44-5)37-38-34(39)47-20(3)30(40)36-32-29(33(42)46-7-2)24-10-8-9-11-27(24)48-32/h12-18,20H,6-11,19H2,1-5H3,(H,35,41)(H,36,40)/t20-/m1/s1. The maximum Gasteiger partial charge on any atom is 0.341 e. The highest BCUT2D eigenvalue weighted by Gasteiger charge is 2.29. The Labute approximate surface area is 287 Å². The van der Waals surface area contributed by atoms with Crippen LogP contribution in [0.3, 0.4) is 0 Å². The van der Waals surface area contributed by atoms with Crippen LogP contribution >= 0.6 is 23.1 Å². The second-order valence-electron chi connectivity index (χ2n) is 10.8. The zero-order chi connectivity index (χ0) is 34.2. The number of rotatable bonds is 14. The van der Waals surface area contributed by atoms with E-state index < -0.39 is 11.2 Å². The van der Waals surface area contributed by atoms with E-state index in [4.69, 9.17) is 18.9 Å². The lowest BCUT2D eigenvalue weighted by Gasteiger charge is -2.15. The van der Waals surface area contributed by atoms with Crippen LogP contribution in [0.25, 0.3) is 5.69 Å². The lowest BCUT2D eigenvalue weighted by atomic mass is 9.95. The van der Waals surface area contributed by atoms with Gasteiger partial charge >= 0.3 is 5.97 Å².